The molecule has 2 rings (SSSR count). The first-order chi connectivity index (χ1) is 5.27. The van der Waals surface area contributed by atoms with Crippen molar-refractivity contribution in [1.82, 2.24) is 4.98 Å². The Morgan fingerprint density at radius 3 is 3.00 bits per heavy atom. The first-order valence-electron chi connectivity index (χ1n) is 3.46. The zero-order chi connectivity index (χ0) is 7.84. The Morgan fingerprint density at radius 2 is 2.27 bits per heavy atom. The first-order valence-corrected chi connectivity index (χ1v) is 3.46. The van der Waals surface area contributed by atoms with Crippen LogP contribution in [0.15, 0.2) is 24.7 Å². The number of pyridine rings is 1. The van der Waals surface area contributed by atoms with Crippen molar-refractivity contribution in [2.75, 3.05) is 10.6 Å². The summed E-state index contributed by atoms with van der Waals surface area (Å²) >= 11 is 0. The van der Waals surface area contributed by atoms with Crippen LogP contribution in [0.5, 0.6) is 0 Å². The molecular formula is C8H9N3. The summed E-state index contributed by atoms with van der Waals surface area (Å²) in [6.45, 7) is 5.78. The van der Waals surface area contributed by atoms with Gasteiger partial charge in [-0.3, -0.25) is 0 Å². The third-order valence-electron chi connectivity index (χ3n) is 1.70. The third-order valence-corrected chi connectivity index (χ3v) is 1.70. The smallest absolute Gasteiger partial charge is 0.155 e. The number of hydrogen-bond acceptors (Lipinski definition) is 3. The Balaban J connectivity index is 2.57. The summed E-state index contributed by atoms with van der Waals surface area (Å²) in [4.78, 5) is 4.14. The highest BCUT2D eigenvalue weighted by Gasteiger charge is 2.14. The van der Waals surface area contributed by atoms with Crippen LogP contribution >= 0.6 is 0 Å². The molecule has 0 atom stereocenters. The van der Waals surface area contributed by atoms with E-state index >= 15 is 0 Å². The van der Waals surface area contributed by atoms with Crippen molar-refractivity contribution in [3.05, 3.63) is 30.2 Å². The Kier molecular flexibility index (Phi) is 1.12. The van der Waals surface area contributed by atoms with Crippen molar-refractivity contribution in [2.24, 2.45) is 0 Å². The highest BCUT2D eigenvalue weighted by atomic mass is 15.2. The number of anilines is 2. The predicted octanol–water partition coefficient (Wildman–Crippen LogP) is 1.70. The summed E-state index contributed by atoms with van der Waals surface area (Å²) in [5.41, 5.74) is 2.22. The van der Waals surface area contributed by atoms with Gasteiger partial charge in [0.15, 0.2) is 5.82 Å². The standard InChI is InChI=1S/C8H9N3/c1-5-3-4-9-8-7(5)10-6(2)11-8/h3-4,10H,2H2,1H3,(H,9,11). The van der Waals surface area contributed by atoms with Gasteiger partial charge in [0.1, 0.15) is 5.82 Å². The van der Waals surface area contributed by atoms with Crippen molar-refractivity contribution >= 4 is 11.5 Å². The van der Waals surface area contributed by atoms with Gasteiger partial charge in [-0.15, -0.1) is 0 Å². The van der Waals surface area contributed by atoms with E-state index in [1.165, 1.54) is 5.56 Å². The lowest BCUT2D eigenvalue weighted by Gasteiger charge is -1.98. The number of nitrogens with one attached hydrogen (secondary N) is 2. The quantitative estimate of drug-likeness (QED) is 0.586. The molecule has 56 valence electrons. The lowest BCUT2D eigenvalue weighted by atomic mass is 10.2. The molecule has 0 amide bonds. The molecule has 1 aliphatic heterocycles. The van der Waals surface area contributed by atoms with Gasteiger partial charge < -0.3 is 10.6 Å². The van der Waals surface area contributed by atoms with Gasteiger partial charge in [0.05, 0.1) is 5.69 Å². The Morgan fingerprint density at radius 1 is 1.45 bits per heavy atom. The van der Waals surface area contributed by atoms with Gasteiger partial charge >= 0.3 is 0 Å². The second-order valence-corrected chi connectivity index (χ2v) is 2.58. The maximum Gasteiger partial charge on any atom is 0.155 e. The largest absolute Gasteiger partial charge is 0.339 e. The molecule has 0 fully saturated rings. The summed E-state index contributed by atoms with van der Waals surface area (Å²) in [5, 5.41) is 6.12. The molecule has 1 aromatic heterocycles. The van der Waals surface area contributed by atoms with E-state index < -0.39 is 0 Å². The molecule has 1 aliphatic rings. The number of hydrogen-bond donors (Lipinski definition) is 2. The summed E-state index contributed by atoms with van der Waals surface area (Å²) in [5.74, 6) is 1.66. The molecule has 0 aromatic carbocycles. The second-order valence-electron chi connectivity index (χ2n) is 2.58. The van der Waals surface area contributed by atoms with Crippen LogP contribution in [-0.2, 0) is 0 Å². The van der Waals surface area contributed by atoms with Crippen molar-refractivity contribution < 1.29 is 0 Å². The molecule has 3 nitrogen and oxygen atoms in total. The fourth-order valence-electron chi connectivity index (χ4n) is 1.14. The third kappa shape index (κ3) is 0.852. The van der Waals surface area contributed by atoms with E-state index in [2.05, 4.69) is 22.2 Å². The fourth-order valence-corrected chi connectivity index (χ4v) is 1.14. The van der Waals surface area contributed by atoms with Crippen LogP contribution in [0.3, 0.4) is 0 Å². The van der Waals surface area contributed by atoms with Crippen LogP contribution in [0, 0.1) is 6.92 Å². The predicted molar refractivity (Wildman–Crippen MR) is 45.4 cm³/mol. The van der Waals surface area contributed by atoms with E-state index in [0.29, 0.717) is 0 Å². The summed E-state index contributed by atoms with van der Waals surface area (Å²) in [7, 11) is 0. The summed E-state index contributed by atoms with van der Waals surface area (Å²) in [6, 6.07) is 1.96. The molecular weight excluding hydrogens is 138 g/mol. The minimum Gasteiger partial charge on any atom is -0.339 e. The number of rotatable bonds is 0. The fraction of sp³-hybridized carbons (Fsp3) is 0.125. The molecule has 2 N–H and O–H groups in total. The van der Waals surface area contributed by atoms with Gasteiger partial charge in [-0.05, 0) is 18.6 Å². The van der Waals surface area contributed by atoms with Gasteiger partial charge in [0.2, 0.25) is 0 Å². The zero-order valence-electron chi connectivity index (χ0n) is 6.31. The maximum absolute atomic E-state index is 4.14. The summed E-state index contributed by atoms with van der Waals surface area (Å²) in [6.07, 6.45) is 1.78. The second kappa shape index (κ2) is 1.99. The van der Waals surface area contributed by atoms with E-state index in [4.69, 9.17) is 0 Å². The van der Waals surface area contributed by atoms with Gasteiger partial charge in [-0.25, -0.2) is 4.98 Å². The Hall–Kier alpha value is -1.51. The average Bonchev–Trinajstić information content (AvgIpc) is 2.31. The monoisotopic (exact) mass is 147 g/mol. The van der Waals surface area contributed by atoms with Crippen molar-refractivity contribution in [1.29, 1.82) is 0 Å². The molecule has 0 spiro atoms. The molecule has 2 heterocycles. The lowest BCUT2D eigenvalue weighted by Crippen LogP contribution is -1.95. The van der Waals surface area contributed by atoms with E-state index in [1.54, 1.807) is 6.20 Å². The van der Waals surface area contributed by atoms with Crippen LogP contribution in [0.4, 0.5) is 11.5 Å². The summed E-state index contributed by atoms with van der Waals surface area (Å²) < 4.78 is 0. The molecule has 0 aliphatic carbocycles. The van der Waals surface area contributed by atoms with Crippen molar-refractivity contribution in [3.8, 4) is 0 Å². The minimum atomic E-state index is 0.793. The number of aryl methyl sites for hydroxylation is 1. The van der Waals surface area contributed by atoms with Crippen LogP contribution < -0.4 is 10.6 Å². The van der Waals surface area contributed by atoms with Gasteiger partial charge in [-0.2, -0.15) is 0 Å². The molecule has 1 aromatic rings. The zero-order valence-corrected chi connectivity index (χ0v) is 6.31. The SMILES string of the molecule is C=C1Nc2nccc(C)c2N1. The van der Waals surface area contributed by atoms with Crippen LogP contribution in [0.1, 0.15) is 5.56 Å². The van der Waals surface area contributed by atoms with Crippen LogP contribution in [0.2, 0.25) is 0 Å². The maximum atomic E-state index is 4.14. The van der Waals surface area contributed by atoms with Gasteiger partial charge in [-0.1, -0.05) is 6.58 Å². The molecule has 0 saturated heterocycles. The highest BCUT2D eigenvalue weighted by molar-refractivity contribution is 5.77. The molecule has 0 bridgehead atoms. The Bertz CT molecular complexity index is 317. The normalized spacial score (nSPS) is 13.7. The Labute approximate surface area is 65.2 Å². The minimum absolute atomic E-state index is 0.793. The molecule has 0 saturated carbocycles. The van der Waals surface area contributed by atoms with Crippen LogP contribution in [0.25, 0.3) is 0 Å². The molecule has 11 heavy (non-hydrogen) atoms. The number of aromatic nitrogens is 1. The van der Waals surface area contributed by atoms with E-state index in [-0.39, 0.29) is 0 Å². The molecule has 3 heteroatoms. The topological polar surface area (TPSA) is 37.0 Å². The van der Waals surface area contributed by atoms with Crippen LogP contribution in [-0.4, -0.2) is 4.98 Å². The highest BCUT2D eigenvalue weighted by Crippen LogP contribution is 2.29. The van der Waals surface area contributed by atoms with E-state index in [1.807, 2.05) is 13.0 Å². The van der Waals surface area contributed by atoms with Gasteiger partial charge in [0.25, 0.3) is 0 Å². The van der Waals surface area contributed by atoms with Gasteiger partial charge in [0, 0.05) is 6.20 Å². The van der Waals surface area contributed by atoms with Crippen molar-refractivity contribution in [2.45, 2.75) is 6.92 Å². The molecule has 0 radical (unpaired) electrons. The lowest BCUT2D eigenvalue weighted by molar-refractivity contribution is 1.31. The van der Waals surface area contributed by atoms with E-state index in [9.17, 15) is 0 Å². The van der Waals surface area contributed by atoms with Crippen molar-refractivity contribution in [3.63, 3.8) is 0 Å². The van der Waals surface area contributed by atoms with E-state index in [0.717, 1.165) is 17.3 Å². The number of nitrogens with zero attached hydrogens (tertiary/aromatic N) is 1. The first kappa shape index (κ1) is 6.22. The average molecular weight is 147 g/mol. The molecule has 0 unspecified atom stereocenters. The number of fused-ring (bicyclic) bond motifs is 1.